The van der Waals surface area contributed by atoms with Gasteiger partial charge in [0.1, 0.15) is 16.8 Å². The summed E-state index contributed by atoms with van der Waals surface area (Å²) in [7, 11) is 0. The molecule has 0 spiro atoms. The standard InChI is InChI=1S/C15H16N4O2/c1-15(2,3)19-13-11(14(21)17-8-16-13)12(18-19)9-4-6-10(20)7-5-9/h4-8,20H,1-3H3,(H,16,17,21). The van der Waals surface area contributed by atoms with E-state index >= 15 is 0 Å². The van der Waals surface area contributed by atoms with E-state index < -0.39 is 0 Å². The van der Waals surface area contributed by atoms with E-state index in [0.29, 0.717) is 16.7 Å². The van der Waals surface area contributed by atoms with Gasteiger partial charge in [-0.1, -0.05) is 0 Å². The summed E-state index contributed by atoms with van der Waals surface area (Å²) in [5, 5.41) is 14.4. The minimum Gasteiger partial charge on any atom is -0.508 e. The van der Waals surface area contributed by atoms with Gasteiger partial charge < -0.3 is 10.1 Å². The van der Waals surface area contributed by atoms with E-state index in [2.05, 4.69) is 15.1 Å². The monoisotopic (exact) mass is 284 g/mol. The van der Waals surface area contributed by atoms with Crippen molar-refractivity contribution in [1.82, 2.24) is 19.7 Å². The second kappa shape index (κ2) is 4.44. The van der Waals surface area contributed by atoms with Crippen molar-refractivity contribution in [2.75, 3.05) is 0 Å². The van der Waals surface area contributed by atoms with Crippen molar-refractivity contribution in [3.05, 3.63) is 40.9 Å². The minimum absolute atomic E-state index is 0.172. The number of aromatic nitrogens is 4. The lowest BCUT2D eigenvalue weighted by Crippen LogP contribution is -2.23. The largest absolute Gasteiger partial charge is 0.508 e. The quantitative estimate of drug-likeness (QED) is 0.718. The number of phenolic OH excluding ortho intramolecular Hbond substituents is 1. The fourth-order valence-corrected chi connectivity index (χ4v) is 2.25. The van der Waals surface area contributed by atoms with Crippen LogP contribution in [-0.4, -0.2) is 24.9 Å². The van der Waals surface area contributed by atoms with Gasteiger partial charge in [-0.25, -0.2) is 9.67 Å². The maximum atomic E-state index is 12.2. The second-order valence-electron chi connectivity index (χ2n) is 5.91. The third-order valence-electron chi connectivity index (χ3n) is 3.25. The maximum absolute atomic E-state index is 12.2. The van der Waals surface area contributed by atoms with E-state index in [1.54, 1.807) is 28.9 Å². The van der Waals surface area contributed by atoms with E-state index in [9.17, 15) is 9.90 Å². The van der Waals surface area contributed by atoms with Crippen LogP contribution >= 0.6 is 0 Å². The third kappa shape index (κ3) is 2.18. The highest BCUT2D eigenvalue weighted by molar-refractivity contribution is 5.90. The van der Waals surface area contributed by atoms with Crippen molar-refractivity contribution in [1.29, 1.82) is 0 Å². The topological polar surface area (TPSA) is 83.8 Å². The first kappa shape index (κ1) is 13.4. The lowest BCUT2D eigenvalue weighted by molar-refractivity contribution is 0.366. The van der Waals surface area contributed by atoms with Gasteiger partial charge in [0, 0.05) is 5.56 Å². The fourth-order valence-electron chi connectivity index (χ4n) is 2.25. The molecule has 6 heteroatoms. The Labute approximate surface area is 121 Å². The lowest BCUT2D eigenvalue weighted by Gasteiger charge is -2.19. The normalized spacial score (nSPS) is 12.0. The van der Waals surface area contributed by atoms with Gasteiger partial charge in [0.2, 0.25) is 0 Å². The number of H-pyrrole nitrogens is 1. The molecule has 0 fully saturated rings. The highest BCUT2D eigenvalue weighted by Crippen LogP contribution is 2.28. The predicted octanol–water partition coefficient (Wildman–Crippen LogP) is 2.25. The zero-order valence-electron chi connectivity index (χ0n) is 12.1. The molecule has 0 radical (unpaired) electrons. The summed E-state index contributed by atoms with van der Waals surface area (Å²) in [4.78, 5) is 19.0. The third-order valence-corrected chi connectivity index (χ3v) is 3.25. The molecule has 0 amide bonds. The van der Waals surface area contributed by atoms with Crippen molar-refractivity contribution in [2.45, 2.75) is 26.3 Å². The van der Waals surface area contributed by atoms with Crippen molar-refractivity contribution >= 4 is 11.0 Å². The maximum Gasteiger partial charge on any atom is 0.262 e. The van der Waals surface area contributed by atoms with Gasteiger partial charge in [-0.2, -0.15) is 5.10 Å². The summed E-state index contributed by atoms with van der Waals surface area (Å²) in [6.45, 7) is 6.01. The van der Waals surface area contributed by atoms with E-state index in [-0.39, 0.29) is 16.8 Å². The highest BCUT2D eigenvalue weighted by Gasteiger charge is 2.23. The number of nitrogens with one attached hydrogen (secondary N) is 1. The first-order chi connectivity index (χ1) is 9.88. The molecule has 0 aliphatic carbocycles. The molecule has 3 aromatic rings. The fraction of sp³-hybridized carbons (Fsp3) is 0.267. The van der Waals surface area contributed by atoms with Gasteiger partial charge in [-0.3, -0.25) is 4.79 Å². The lowest BCUT2D eigenvalue weighted by atomic mass is 10.1. The molecule has 0 unspecified atom stereocenters. The zero-order chi connectivity index (χ0) is 15.2. The summed E-state index contributed by atoms with van der Waals surface area (Å²) in [5.41, 5.74) is 1.36. The molecule has 3 rings (SSSR count). The first-order valence-corrected chi connectivity index (χ1v) is 6.64. The summed E-state index contributed by atoms with van der Waals surface area (Å²) in [6.07, 6.45) is 1.38. The van der Waals surface area contributed by atoms with Crippen LogP contribution in [0, 0.1) is 0 Å². The minimum atomic E-state index is -0.297. The number of hydrogen-bond donors (Lipinski definition) is 2. The van der Waals surface area contributed by atoms with Gasteiger partial charge in [0.15, 0.2) is 5.65 Å². The highest BCUT2D eigenvalue weighted by atomic mass is 16.3. The number of rotatable bonds is 1. The molecule has 0 saturated carbocycles. The number of fused-ring (bicyclic) bond motifs is 1. The van der Waals surface area contributed by atoms with Crippen molar-refractivity contribution in [2.24, 2.45) is 0 Å². The van der Waals surface area contributed by atoms with Crippen LogP contribution in [-0.2, 0) is 5.54 Å². The van der Waals surface area contributed by atoms with Crippen LogP contribution in [0.25, 0.3) is 22.3 Å². The van der Waals surface area contributed by atoms with Crippen molar-refractivity contribution < 1.29 is 5.11 Å². The summed E-state index contributed by atoms with van der Waals surface area (Å²) < 4.78 is 1.75. The van der Waals surface area contributed by atoms with Gasteiger partial charge >= 0.3 is 0 Å². The van der Waals surface area contributed by atoms with Crippen LogP contribution in [0.5, 0.6) is 5.75 Å². The Balaban J connectivity index is 2.38. The molecule has 0 atom stereocenters. The molecule has 0 saturated heterocycles. The molecule has 108 valence electrons. The van der Waals surface area contributed by atoms with E-state index in [1.807, 2.05) is 20.8 Å². The molecular weight excluding hydrogens is 268 g/mol. The number of aromatic amines is 1. The molecule has 21 heavy (non-hydrogen) atoms. The Kier molecular flexibility index (Phi) is 2.83. The number of hydrogen-bond acceptors (Lipinski definition) is 4. The van der Waals surface area contributed by atoms with E-state index in [4.69, 9.17) is 0 Å². The number of aromatic hydroxyl groups is 1. The zero-order valence-corrected chi connectivity index (χ0v) is 12.1. The van der Waals surface area contributed by atoms with Crippen molar-refractivity contribution in [3.63, 3.8) is 0 Å². The molecule has 2 N–H and O–H groups in total. The number of phenols is 1. The van der Waals surface area contributed by atoms with Crippen LogP contribution in [0.2, 0.25) is 0 Å². The molecule has 2 aromatic heterocycles. The van der Waals surface area contributed by atoms with Crippen LogP contribution in [0.4, 0.5) is 0 Å². The molecule has 0 aliphatic heterocycles. The van der Waals surface area contributed by atoms with Crippen LogP contribution < -0.4 is 5.56 Å². The number of benzene rings is 1. The Hall–Kier alpha value is -2.63. The average molecular weight is 284 g/mol. The molecule has 6 nitrogen and oxygen atoms in total. The van der Waals surface area contributed by atoms with Gasteiger partial charge in [-0.05, 0) is 45.0 Å². The summed E-state index contributed by atoms with van der Waals surface area (Å²) in [6, 6.07) is 6.61. The second-order valence-corrected chi connectivity index (χ2v) is 5.91. The van der Waals surface area contributed by atoms with E-state index in [0.717, 1.165) is 5.56 Å². The van der Waals surface area contributed by atoms with Gasteiger partial charge in [0.25, 0.3) is 5.56 Å². The molecule has 2 heterocycles. The van der Waals surface area contributed by atoms with Crippen LogP contribution in [0.3, 0.4) is 0 Å². The van der Waals surface area contributed by atoms with Crippen molar-refractivity contribution in [3.8, 4) is 17.0 Å². The van der Waals surface area contributed by atoms with Gasteiger partial charge in [0.05, 0.1) is 11.9 Å². The predicted molar refractivity (Wildman–Crippen MR) is 80.2 cm³/mol. The summed E-state index contributed by atoms with van der Waals surface area (Å²) >= 11 is 0. The van der Waals surface area contributed by atoms with Crippen LogP contribution in [0.1, 0.15) is 20.8 Å². The Bertz CT molecular complexity index is 854. The molecule has 0 bridgehead atoms. The summed E-state index contributed by atoms with van der Waals surface area (Å²) in [5.74, 6) is 0.172. The Morgan fingerprint density at radius 3 is 2.48 bits per heavy atom. The van der Waals surface area contributed by atoms with Crippen LogP contribution in [0.15, 0.2) is 35.4 Å². The number of nitrogens with zero attached hydrogens (tertiary/aromatic N) is 3. The smallest absolute Gasteiger partial charge is 0.262 e. The average Bonchev–Trinajstić information content (AvgIpc) is 2.80. The molecule has 0 aliphatic rings. The molecular formula is C15H16N4O2. The first-order valence-electron chi connectivity index (χ1n) is 6.64. The Morgan fingerprint density at radius 1 is 1.19 bits per heavy atom. The SMILES string of the molecule is CC(C)(C)n1nc(-c2ccc(O)cc2)c2c(=O)[nH]cnc21. The van der Waals surface area contributed by atoms with E-state index in [1.165, 1.54) is 6.33 Å². The molecule has 1 aromatic carbocycles. The Morgan fingerprint density at radius 2 is 1.86 bits per heavy atom. The van der Waals surface area contributed by atoms with Gasteiger partial charge in [-0.15, -0.1) is 0 Å².